The van der Waals surface area contributed by atoms with E-state index in [2.05, 4.69) is 5.10 Å². The molecule has 0 spiro atoms. The van der Waals surface area contributed by atoms with Gasteiger partial charge in [0.1, 0.15) is 17.4 Å². The van der Waals surface area contributed by atoms with Crippen molar-refractivity contribution in [3.05, 3.63) is 100 Å². The Balaban J connectivity index is 1.40. The monoisotopic (exact) mass is 458 g/mol. The molecule has 1 aliphatic carbocycles. The molecule has 1 aliphatic rings. The van der Waals surface area contributed by atoms with Crippen molar-refractivity contribution in [3.63, 3.8) is 0 Å². The number of aryl methyl sites for hydroxylation is 1. The fourth-order valence-corrected chi connectivity index (χ4v) is 4.01. The van der Waals surface area contributed by atoms with Gasteiger partial charge < -0.3 is 16.2 Å². The van der Waals surface area contributed by atoms with Crippen molar-refractivity contribution >= 4 is 23.4 Å². The van der Waals surface area contributed by atoms with E-state index in [-0.39, 0.29) is 28.6 Å². The Bertz CT molecular complexity index is 1490. The number of ether oxygens (including phenoxy) is 1. The highest BCUT2D eigenvalue weighted by molar-refractivity contribution is 6.15. The van der Waals surface area contributed by atoms with E-state index in [4.69, 9.17) is 16.2 Å². The number of Topliss-reactive ketones (excluding diaryl/α,β-unsaturated/α-hetero) is 1. The summed E-state index contributed by atoms with van der Waals surface area (Å²) in [5, 5.41) is 4.31. The number of nitrogen functional groups attached to an aromatic ring is 2. The first-order valence-electron chi connectivity index (χ1n) is 10.5. The zero-order valence-corrected chi connectivity index (χ0v) is 18.2. The molecule has 0 bridgehead atoms. The Morgan fingerprint density at radius 2 is 1.85 bits per heavy atom. The Kier molecular flexibility index (Phi) is 5.13. The molecule has 8 heteroatoms. The van der Waals surface area contributed by atoms with Crippen LogP contribution in [0, 0.1) is 18.6 Å². The highest BCUT2D eigenvalue weighted by Gasteiger charge is 2.25. The smallest absolute Gasteiger partial charge is 0.194 e. The summed E-state index contributed by atoms with van der Waals surface area (Å²) in [5.41, 5.74) is 15.6. The number of anilines is 2. The summed E-state index contributed by atoms with van der Waals surface area (Å²) in [5.74, 6) is -0.511. The first-order valence-corrected chi connectivity index (χ1v) is 10.5. The number of fused-ring (bicyclic) bond motifs is 1. The van der Waals surface area contributed by atoms with Gasteiger partial charge in [-0.25, -0.2) is 13.5 Å². The third kappa shape index (κ3) is 3.69. The molecule has 6 nitrogen and oxygen atoms in total. The van der Waals surface area contributed by atoms with Crippen molar-refractivity contribution in [2.75, 3.05) is 11.5 Å². The minimum Gasteiger partial charge on any atom is -0.454 e. The number of benzene rings is 3. The highest BCUT2D eigenvalue weighted by Crippen LogP contribution is 2.33. The van der Waals surface area contributed by atoms with Gasteiger partial charge >= 0.3 is 0 Å². The number of para-hydroxylation sites is 1. The van der Waals surface area contributed by atoms with Crippen LogP contribution < -0.4 is 16.2 Å². The van der Waals surface area contributed by atoms with E-state index in [1.807, 2.05) is 6.92 Å². The molecule has 34 heavy (non-hydrogen) atoms. The molecule has 0 saturated carbocycles. The van der Waals surface area contributed by atoms with Crippen LogP contribution in [0.15, 0.2) is 66.4 Å². The molecule has 0 saturated heterocycles. The maximum atomic E-state index is 13.9. The summed E-state index contributed by atoms with van der Waals surface area (Å²) in [7, 11) is 0. The number of hydrogen-bond donors (Lipinski definition) is 2. The number of halogens is 2. The Morgan fingerprint density at radius 3 is 2.62 bits per heavy atom. The first-order chi connectivity index (χ1) is 16.3. The molecule has 0 aliphatic heterocycles. The molecular weight excluding hydrogens is 438 g/mol. The second-order valence-corrected chi connectivity index (χ2v) is 8.08. The lowest BCUT2D eigenvalue weighted by Gasteiger charge is -2.12. The molecule has 0 radical (unpaired) electrons. The molecule has 4 N–H and O–H groups in total. The third-order valence-electron chi connectivity index (χ3n) is 5.77. The van der Waals surface area contributed by atoms with Gasteiger partial charge in [0.25, 0.3) is 0 Å². The Morgan fingerprint density at radius 1 is 1.06 bits per heavy atom. The molecule has 1 aromatic heterocycles. The predicted molar refractivity (Wildman–Crippen MR) is 126 cm³/mol. The lowest BCUT2D eigenvalue weighted by atomic mass is 10.0. The number of allylic oxidation sites excluding steroid dienone is 1. The van der Waals surface area contributed by atoms with Crippen LogP contribution >= 0.6 is 0 Å². The number of carbonyl (C=O) groups excluding carboxylic acids is 1. The maximum Gasteiger partial charge on any atom is 0.194 e. The van der Waals surface area contributed by atoms with E-state index in [1.54, 1.807) is 48.5 Å². The number of rotatable bonds is 5. The van der Waals surface area contributed by atoms with Crippen LogP contribution in [0.3, 0.4) is 0 Å². The van der Waals surface area contributed by atoms with E-state index in [1.165, 1.54) is 23.0 Å². The third-order valence-corrected chi connectivity index (χ3v) is 5.77. The largest absolute Gasteiger partial charge is 0.454 e. The van der Waals surface area contributed by atoms with Crippen molar-refractivity contribution in [1.29, 1.82) is 0 Å². The topological polar surface area (TPSA) is 96.2 Å². The Hall–Kier alpha value is -4.46. The number of ketones is 1. The van der Waals surface area contributed by atoms with Crippen LogP contribution in [0.2, 0.25) is 0 Å². The van der Waals surface area contributed by atoms with Gasteiger partial charge in [-0.15, -0.1) is 0 Å². The number of hydrogen-bond acceptors (Lipinski definition) is 5. The first kappa shape index (κ1) is 21.4. The minimum atomic E-state index is -0.520. The van der Waals surface area contributed by atoms with Crippen LogP contribution in [0.5, 0.6) is 11.5 Å². The van der Waals surface area contributed by atoms with Crippen molar-refractivity contribution in [2.45, 2.75) is 13.3 Å². The lowest BCUT2D eigenvalue weighted by molar-refractivity contribution is 0.103. The van der Waals surface area contributed by atoms with E-state index in [0.717, 1.165) is 11.1 Å². The van der Waals surface area contributed by atoms with Gasteiger partial charge in [-0.3, -0.25) is 4.79 Å². The van der Waals surface area contributed by atoms with Crippen LogP contribution in [0.1, 0.15) is 27.0 Å². The van der Waals surface area contributed by atoms with Crippen LogP contribution in [0.4, 0.5) is 20.3 Å². The van der Waals surface area contributed by atoms with E-state index in [0.29, 0.717) is 29.0 Å². The average Bonchev–Trinajstić information content (AvgIpc) is 3.39. The standard InChI is InChI=1S/C26H20F2N4O2/c1-14-8-18(34-24-5-3-2-4-20(24)27)6-7-23(14)32-26(30)19(13-31-32)25(33)17-9-15-11-21(28)22(29)12-16(15)10-17/h2-9,11-13H,10,29-30H2,1H3. The molecule has 1 heterocycles. The van der Waals surface area contributed by atoms with Gasteiger partial charge in [-0.2, -0.15) is 5.10 Å². The molecule has 0 fully saturated rings. The molecule has 3 aromatic carbocycles. The zero-order chi connectivity index (χ0) is 24.0. The van der Waals surface area contributed by atoms with E-state index in [9.17, 15) is 13.6 Å². The molecule has 170 valence electrons. The van der Waals surface area contributed by atoms with Gasteiger partial charge in [0, 0.05) is 12.0 Å². The van der Waals surface area contributed by atoms with Crippen molar-refractivity contribution in [2.24, 2.45) is 0 Å². The maximum absolute atomic E-state index is 13.9. The fraction of sp³-hybridized carbons (Fsp3) is 0.0769. The lowest BCUT2D eigenvalue weighted by Crippen LogP contribution is -2.09. The highest BCUT2D eigenvalue weighted by atomic mass is 19.1. The summed E-state index contributed by atoms with van der Waals surface area (Å²) in [4.78, 5) is 13.1. The van der Waals surface area contributed by atoms with E-state index < -0.39 is 11.6 Å². The normalized spacial score (nSPS) is 12.4. The minimum absolute atomic E-state index is 0.0473. The Labute approximate surface area is 194 Å². The molecule has 0 unspecified atom stereocenters. The number of carbonyl (C=O) groups is 1. The van der Waals surface area contributed by atoms with Crippen LogP contribution in [0.25, 0.3) is 11.8 Å². The number of nitrogens with zero attached hydrogens (tertiary/aromatic N) is 2. The van der Waals surface area contributed by atoms with E-state index >= 15 is 0 Å². The summed E-state index contributed by atoms with van der Waals surface area (Å²) < 4.78 is 34.8. The van der Waals surface area contributed by atoms with Crippen LogP contribution in [-0.2, 0) is 6.42 Å². The van der Waals surface area contributed by atoms with Crippen molar-refractivity contribution in [3.8, 4) is 17.2 Å². The number of nitrogens with two attached hydrogens (primary N) is 2. The fourth-order valence-electron chi connectivity index (χ4n) is 4.01. The molecule has 0 amide bonds. The molecular formula is C26H20F2N4O2. The summed E-state index contributed by atoms with van der Waals surface area (Å²) in [6.07, 6.45) is 3.40. The SMILES string of the molecule is Cc1cc(Oc2ccccc2F)ccc1-n1ncc(C(=O)C2=Cc3cc(F)c(N)cc3C2)c1N. The van der Waals surface area contributed by atoms with Crippen molar-refractivity contribution in [1.82, 2.24) is 9.78 Å². The summed E-state index contributed by atoms with van der Waals surface area (Å²) >= 11 is 0. The van der Waals surface area contributed by atoms with Gasteiger partial charge in [-0.05, 0) is 72.2 Å². The molecule has 0 atom stereocenters. The van der Waals surface area contributed by atoms with Gasteiger partial charge in [0.2, 0.25) is 0 Å². The summed E-state index contributed by atoms with van der Waals surface area (Å²) in [6, 6.07) is 14.2. The zero-order valence-electron chi connectivity index (χ0n) is 18.2. The van der Waals surface area contributed by atoms with Gasteiger partial charge in [-0.1, -0.05) is 12.1 Å². The van der Waals surface area contributed by atoms with Crippen molar-refractivity contribution < 1.29 is 18.3 Å². The van der Waals surface area contributed by atoms with Gasteiger partial charge in [0.15, 0.2) is 17.3 Å². The number of aromatic nitrogens is 2. The molecule has 4 aromatic rings. The second kappa shape index (κ2) is 8.15. The quantitative estimate of drug-likeness (QED) is 0.315. The van der Waals surface area contributed by atoms with Crippen LogP contribution in [-0.4, -0.2) is 15.6 Å². The summed E-state index contributed by atoms with van der Waals surface area (Å²) in [6.45, 7) is 1.83. The average molecular weight is 458 g/mol. The predicted octanol–water partition coefficient (Wildman–Crippen LogP) is 5.24. The second-order valence-electron chi connectivity index (χ2n) is 8.08. The van der Waals surface area contributed by atoms with Gasteiger partial charge in [0.05, 0.1) is 23.1 Å². The molecule has 5 rings (SSSR count).